The quantitative estimate of drug-likeness (QED) is 0.728. The molecule has 2 N–H and O–H groups in total. The number of hydrogen-bond acceptors (Lipinski definition) is 3. The number of carbonyl (C=O) groups is 1. The molecule has 1 atom stereocenters. The van der Waals surface area contributed by atoms with E-state index in [9.17, 15) is 4.79 Å². The zero-order valence-electron chi connectivity index (χ0n) is 12.9. The Morgan fingerprint density at radius 1 is 1.26 bits per heavy atom. The minimum absolute atomic E-state index is 0.0465. The molecule has 0 spiro atoms. The highest BCUT2D eigenvalue weighted by molar-refractivity contribution is 5.81. The monoisotopic (exact) mass is 270 g/mol. The number of rotatable bonds is 6. The van der Waals surface area contributed by atoms with Crippen LogP contribution < -0.4 is 10.6 Å². The summed E-state index contributed by atoms with van der Waals surface area (Å²) in [6, 6.07) is -0.172. The predicted octanol–water partition coefficient (Wildman–Crippen LogP) is 2.23. The normalized spacial score (nSPS) is 19.2. The highest BCUT2D eigenvalue weighted by Crippen LogP contribution is 2.19. The first-order valence-electron chi connectivity index (χ1n) is 7.55. The molecule has 1 aliphatic rings. The molecule has 1 amide bonds. The van der Waals surface area contributed by atoms with E-state index in [1.165, 1.54) is 32.1 Å². The van der Waals surface area contributed by atoms with E-state index in [1.54, 1.807) is 0 Å². The summed E-state index contributed by atoms with van der Waals surface area (Å²) in [4.78, 5) is 11.8. The molecule has 1 rings (SSSR count). The van der Waals surface area contributed by atoms with Crippen molar-refractivity contribution in [3.63, 3.8) is 0 Å². The molecule has 0 heterocycles. The Kier molecular flexibility index (Phi) is 6.80. The molecule has 0 aromatic heterocycles. The number of ether oxygens (including phenoxy) is 1. The average Bonchev–Trinajstić information content (AvgIpc) is 2.33. The minimum atomic E-state index is -0.175. The van der Waals surface area contributed by atoms with E-state index in [0.717, 1.165) is 6.54 Å². The maximum atomic E-state index is 11.8. The molecule has 0 aliphatic heterocycles. The number of nitrogens with one attached hydrogen (secondary N) is 2. The van der Waals surface area contributed by atoms with Crippen LogP contribution in [0, 0.1) is 0 Å². The van der Waals surface area contributed by atoms with Gasteiger partial charge in [0.15, 0.2) is 0 Å². The third-order valence-corrected chi connectivity index (χ3v) is 3.35. The highest BCUT2D eigenvalue weighted by atomic mass is 16.5. The Bertz CT molecular complexity index is 268. The molecule has 19 heavy (non-hydrogen) atoms. The van der Waals surface area contributed by atoms with Crippen molar-refractivity contribution in [1.82, 2.24) is 10.6 Å². The largest absolute Gasteiger partial charge is 0.377 e. The van der Waals surface area contributed by atoms with Crippen molar-refractivity contribution in [2.75, 3.05) is 13.2 Å². The molecule has 112 valence electrons. The van der Waals surface area contributed by atoms with Crippen molar-refractivity contribution in [2.45, 2.75) is 77.5 Å². The second-order valence-electron chi connectivity index (χ2n) is 6.55. The Labute approximate surface area is 117 Å². The van der Waals surface area contributed by atoms with Crippen LogP contribution >= 0.6 is 0 Å². The van der Waals surface area contributed by atoms with Crippen LogP contribution in [-0.4, -0.2) is 36.7 Å². The van der Waals surface area contributed by atoms with Crippen LogP contribution in [0.5, 0.6) is 0 Å². The topological polar surface area (TPSA) is 50.4 Å². The van der Waals surface area contributed by atoms with Gasteiger partial charge in [-0.05, 0) is 40.5 Å². The summed E-state index contributed by atoms with van der Waals surface area (Å²) in [5.74, 6) is 0.0465. The van der Waals surface area contributed by atoms with Crippen LogP contribution in [0.15, 0.2) is 0 Å². The Hall–Kier alpha value is -0.610. The second-order valence-corrected chi connectivity index (χ2v) is 6.55. The van der Waals surface area contributed by atoms with Gasteiger partial charge in [0.25, 0.3) is 0 Å². The first kappa shape index (κ1) is 16.4. The van der Waals surface area contributed by atoms with Crippen molar-refractivity contribution in [3.05, 3.63) is 0 Å². The summed E-state index contributed by atoms with van der Waals surface area (Å²) in [7, 11) is 0. The lowest BCUT2D eigenvalue weighted by Crippen LogP contribution is -2.50. The van der Waals surface area contributed by atoms with Crippen molar-refractivity contribution >= 4 is 5.91 Å². The molecule has 0 aromatic rings. The van der Waals surface area contributed by atoms with Gasteiger partial charge in [-0.3, -0.25) is 4.79 Å². The molecule has 1 unspecified atom stereocenters. The fourth-order valence-corrected chi connectivity index (χ4v) is 2.30. The van der Waals surface area contributed by atoms with Crippen LogP contribution in [0.3, 0.4) is 0 Å². The van der Waals surface area contributed by atoms with E-state index in [1.807, 2.05) is 27.7 Å². The van der Waals surface area contributed by atoms with Gasteiger partial charge in [0.05, 0.1) is 18.8 Å². The van der Waals surface area contributed by atoms with E-state index >= 15 is 0 Å². The fraction of sp³-hybridized carbons (Fsp3) is 0.933. The van der Waals surface area contributed by atoms with E-state index < -0.39 is 0 Å². The van der Waals surface area contributed by atoms with Gasteiger partial charge in [0, 0.05) is 12.1 Å². The van der Waals surface area contributed by atoms with Crippen molar-refractivity contribution in [3.8, 4) is 0 Å². The van der Waals surface area contributed by atoms with Crippen molar-refractivity contribution < 1.29 is 9.53 Å². The molecule has 4 nitrogen and oxygen atoms in total. The number of amides is 1. The van der Waals surface area contributed by atoms with Gasteiger partial charge in [-0.2, -0.15) is 0 Å². The van der Waals surface area contributed by atoms with Gasteiger partial charge in [0.2, 0.25) is 5.91 Å². The summed E-state index contributed by atoms with van der Waals surface area (Å²) >= 11 is 0. The molecule has 1 saturated carbocycles. The maximum absolute atomic E-state index is 11.8. The Morgan fingerprint density at radius 3 is 2.47 bits per heavy atom. The minimum Gasteiger partial charge on any atom is -0.377 e. The molecule has 4 heteroatoms. The molecule has 1 aliphatic carbocycles. The van der Waals surface area contributed by atoms with E-state index in [-0.39, 0.29) is 17.5 Å². The summed E-state index contributed by atoms with van der Waals surface area (Å²) in [6.07, 6.45) is 6.77. The standard InChI is InChI=1S/C15H30N2O2/c1-12(14(18)17-15(2,3)4)16-10-11-19-13-8-6-5-7-9-13/h12-13,16H,5-11H2,1-4H3,(H,17,18). The maximum Gasteiger partial charge on any atom is 0.237 e. The molecular weight excluding hydrogens is 240 g/mol. The van der Waals surface area contributed by atoms with Gasteiger partial charge in [-0.15, -0.1) is 0 Å². The smallest absolute Gasteiger partial charge is 0.237 e. The summed E-state index contributed by atoms with van der Waals surface area (Å²) in [6.45, 7) is 9.28. The lowest BCUT2D eigenvalue weighted by atomic mass is 9.98. The Morgan fingerprint density at radius 2 is 1.89 bits per heavy atom. The van der Waals surface area contributed by atoms with Gasteiger partial charge in [-0.1, -0.05) is 19.3 Å². The molecule has 0 saturated heterocycles. The molecule has 1 fully saturated rings. The Balaban J connectivity index is 2.09. The van der Waals surface area contributed by atoms with E-state index in [4.69, 9.17) is 4.74 Å². The van der Waals surface area contributed by atoms with Crippen LogP contribution in [0.4, 0.5) is 0 Å². The zero-order chi connectivity index (χ0) is 14.3. The van der Waals surface area contributed by atoms with E-state index in [2.05, 4.69) is 10.6 Å². The fourth-order valence-electron chi connectivity index (χ4n) is 2.30. The number of carbonyl (C=O) groups excluding carboxylic acids is 1. The number of hydrogen-bond donors (Lipinski definition) is 2. The van der Waals surface area contributed by atoms with Crippen LogP contribution in [0.25, 0.3) is 0 Å². The van der Waals surface area contributed by atoms with E-state index in [0.29, 0.717) is 12.7 Å². The average molecular weight is 270 g/mol. The van der Waals surface area contributed by atoms with Crippen LogP contribution in [0.1, 0.15) is 59.8 Å². The SMILES string of the molecule is CC(NCCOC1CCCCC1)C(=O)NC(C)(C)C. The van der Waals surface area contributed by atoms with Gasteiger partial charge in [0.1, 0.15) is 0 Å². The lowest BCUT2D eigenvalue weighted by Gasteiger charge is -2.24. The first-order valence-corrected chi connectivity index (χ1v) is 7.55. The third kappa shape index (κ3) is 7.53. The summed E-state index contributed by atoms with van der Waals surface area (Å²) in [5.41, 5.74) is -0.175. The second kappa shape index (κ2) is 7.85. The summed E-state index contributed by atoms with van der Waals surface area (Å²) in [5, 5.41) is 6.17. The van der Waals surface area contributed by atoms with Crippen molar-refractivity contribution in [2.24, 2.45) is 0 Å². The molecule has 0 aromatic carbocycles. The first-order chi connectivity index (χ1) is 8.88. The van der Waals surface area contributed by atoms with Crippen LogP contribution in [0.2, 0.25) is 0 Å². The van der Waals surface area contributed by atoms with Crippen molar-refractivity contribution in [1.29, 1.82) is 0 Å². The molecule has 0 bridgehead atoms. The predicted molar refractivity (Wildman–Crippen MR) is 78.2 cm³/mol. The van der Waals surface area contributed by atoms with Gasteiger partial charge in [-0.25, -0.2) is 0 Å². The zero-order valence-corrected chi connectivity index (χ0v) is 12.9. The van der Waals surface area contributed by atoms with Gasteiger partial charge >= 0.3 is 0 Å². The molecular formula is C15H30N2O2. The summed E-state index contributed by atoms with van der Waals surface area (Å²) < 4.78 is 5.82. The van der Waals surface area contributed by atoms with Crippen LogP contribution in [-0.2, 0) is 9.53 Å². The van der Waals surface area contributed by atoms with Gasteiger partial charge < -0.3 is 15.4 Å². The lowest BCUT2D eigenvalue weighted by molar-refractivity contribution is -0.124. The highest BCUT2D eigenvalue weighted by Gasteiger charge is 2.19. The molecule has 0 radical (unpaired) electrons. The third-order valence-electron chi connectivity index (χ3n) is 3.35.